The van der Waals surface area contributed by atoms with E-state index >= 15 is 0 Å². The molecule has 1 heterocycles. The zero-order valence-corrected chi connectivity index (χ0v) is 9.95. The van der Waals surface area contributed by atoms with E-state index < -0.39 is 5.97 Å². The summed E-state index contributed by atoms with van der Waals surface area (Å²) >= 11 is 0. The van der Waals surface area contributed by atoms with Crippen molar-refractivity contribution in [3.05, 3.63) is 48.2 Å². The van der Waals surface area contributed by atoms with Gasteiger partial charge in [0.1, 0.15) is 0 Å². The van der Waals surface area contributed by atoms with Crippen molar-refractivity contribution in [3.63, 3.8) is 0 Å². The highest BCUT2D eigenvalue weighted by Gasteiger charge is 2.05. The lowest BCUT2D eigenvalue weighted by molar-refractivity contribution is 0.0697. The second-order valence-corrected chi connectivity index (χ2v) is 3.83. The standard InChI is InChI=1S/C13H12N4O2/c14-13(15)17-11-5-4-10(7-16-11)8-2-1-3-9(6-8)12(18)19/h1-7H,(H,18,19)(H4,14,15,16,17). The molecule has 1 aromatic heterocycles. The minimum absolute atomic E-state index is 0.0619. The SMILES string of the molecule is NC(N)=Nc1ccc(-c2cccc(C(=O)O)c2)cn1. The van der Waals surface area contributed by atoms with Crippen LogP contribution in [0.1, 0.15) is 10.4 Å². The number of aromatic carboxylic acids is 1. The molecule has 0 fully saturated rings. The molecule has 0 unspecified atom stereocenters. The van der Waals surface area contributed by atoms with Gasteiger partial charge in [0.25, 0.3) is 0 Å². The van der Waals surface area contributed by atoms with E-state index in [2.05, 4.69) is 9.98 Å². The number of nitrogens with zero attached hydrogens (tertiary/aromatic N) is 2. The summed E-state index contributed by atoms with van der Waals surface area (Å²) in [6.07, 6.45) is 1.59. The average molecular weight is 256 g/mol. The molecular formula is C13H12N4O2. The van der Waals surface area contributed by atoms with E-state index in [1.165, 1.54) is 6.07 Å². The highest BCUT2D eigenvalue weighted by molar-refractivity contribution is 5.89. The Morgan fingerprint density at radius 2 is 1.95 bits per heavy atom. The van der Waals surface area contributed by atoms with Gasteiger partial charge in [-0.1, -0.05) is 12.1 Å². The first-order valence-electron chi connectivity index (χ1n) is 5.45. The number of rotatable bonds is 3. The van der Waals surface area contributed by atoms with Crippen molar-refractivity contribution in [2.24, 2.45) is 16.5 Å². The molecule has 0 saturated heterocycles. The van der Waals surface area contributed by atoms with Crippen molar-refractivity contribution < 1.29 is 9.90 Å². The van der Waals surface area contributed by atoms with Gasteiger partial charge in [0.05, 0.1) is 5.56 Å². The number of benzene rings is 1. The second-order valence-electron chi connectivity index (χ2n) is 3.83. The Bertz CT molecular complexity index is 631. The monoisotopic (exact) mass is 256 g/mol. The molecule has 19 heavy (non-hydrogen) atoms. The van der Waals surface area contributed by atoms with E-state index in [1.807, 2.05) is 6.07 Å². The maximum Gasteiger partial charge on any atom is 0.335 e. The summed E-state index contributed by atoms with van der Waals surface area (Å²) in [5.74, 6) is -0.627. The van der Waals surface area contributed by atoms with Crippen LogP contribution >= 0.6 is 0 Å². The van der Waals surface area contributed by atoms with Gasteiger partial charge in [-0.05, 0) is 29.8 Å². The van der Waals surface area contributed by atoms with Crippen molar-refractivity contribution in [2.45, 2.75) is 0 Å². The van der Waals surface area contributed by atoms with Gasteiger partial charge in [-0.25, -0.2) is 9.78 Å². The van der Waals surface area contributed by atoms with Gasteiger partial charge in [0, 0.05) is 11.8 Å². The molecule has 0 aliphatic rings. The molecule has 0 bridgehead atoms. The van der Waals surface area contributed by atoms with Crippen LogP contribution < -0.4 is 11.5 Å². The normalized spacial score (nSPS) is 9.89. The van der Waals surface area contributed by atoms with E-state index in [-0.39, 0.29) is 11.5 Å². The van der Waals surface area contributed by atoms with Crippen molar-refractivity contribution in [3.8, 4) is 11.1 Å². The Hall–Kier alpha value is -2.89. The Balaban J connectivity index is 2.34. The van der Waals surface area contributed by atoms with E-state index in [9.17, 15) is 4.79 Å². The number of aliphatic imine (C=N–C) groups is 1. The Morgan fingerprint density at radius 1 is 1.16 bits per heavy atom. The van der Waals surface area contributed by atoms with Crippen LogP contribution in [0.15, 0.2) is 47.6 Å². The van der Waals surface area contributed by atoms with Crippen LogP contribution in [0.4, 0.5) is 5.82 Å². The first kappa shape index (κ1) is 12.6. The van der Waals surface area contributed by atoms with Gasteiger partial charge in [-0.2, -0.15) is 4.99 Å². The van der Waals surface area contributed by atoms with Crippen LogP contribution in [0.5, 0.6) is 0 Å². The number of hydrogen-bond donors (Lipinski definition) is 3. The smallest absolute Gasteiger partial charge is 0.335 e. The fraction of sp³-hybridized carbons (Fsp3) is 0. The van der Waals surface area contributed by atoms with Crippen molar-refractivity contribution >= 4 is 17.7 Å². The van der Waals surface area contributed by atoms with Crippen molar-refractivity contribution in [2.75, 3.05) is 0 Å². The lowest BCUT2D eigenvalue weighted by atomic mass is 10.0. The lowest BCUT2D eigenvalue weighted by Gasteiger charge is -2.03. The summed E-state index contributed by atoms with van der Waals surface area (Å²) < 4.78 is 0. The maximum absolute atomic E-state index is 10.9. The first-order valence-corrected chi connectivity index (χ1v) is 5.45. The molecule has 6 heteroatoms. The zero-order valence-electron chi connectivity index (χ0n) is 9.95. The molecule has 0 saturated carbocycles. The van der Waals surface area contributed by atoms with Crippen molar-refractivity contribution in [1.82, 2.24) is 4.98 Å². The number of pyridine rings is 1. The Morgan fingerprint density at radius 3 is 2.53 bits per heavy atom. The first-order chi connectivity index (χ1) is 9.06. The van der Waals surface area contributed by atoms with Crippen molar-refractivity contribution in [1.29, 1.82) is 0 Å². The summed E-state index contributed by atoms with van der Waals surface area (Å²) in [4.78, 5) is 18.8. The third kappa shape index (κ3) is 3.06. The van der Waals surface area contributed by atoms with E-state index in [1.54, 1.807) is 30.5 Å². The van der Waals surface area contributed by atoms with Gasteiger partial charge in [-0.15, -0.1) is 0 Å². The summed E-state index contributed by atoms with van der Waals surface area (Å²) in [6, 6.07) is 10.0. The molecule has 1 aromatic carbocycles. The number of hydrogen-bond acceptors (Lipinski definition) is 3. The third-order valence-electron chi connectivity index (χ3n) is 2.43. The summed E-state index contributed by atoms with van der Waals surface area (Å²) in [5.41, 5.74) is 12.3. The molecule has 0 spiro atoms. The van der Waals surface area contributed by atoms with Gasteiger partial charge >= 0.3 is 5.97 Å². The van der Waals surface area contributed by atoms with Gasteiger partial charge in [0.15, 0.2) is 11.8 Å². The highest BCUT2D eigenvalue weighted by atomic mass is 16.4. The number of carboxylic acids is 1. The number of carboxylic acid groups (broad SMARTS) is 1. The molecule has 2 aromatic rings. The largest absolute Gasteiger partial charge is 0.478 e. The molecule has 0 aliphatic carbocycles. The minimum atomic E-state index is -0.966. The third-order valence-corrected chi connectivity index (χ3v) is 2.43. The van der Waals surface area contributed by atoms with E-state index in [0.717, 1.165) is 11.1 Å². The Kier molecular flexibility index (Phi) is 3.42. The molecule has 2 rings (SSSR count). The Labute approximate surface area is 109 Å². The summed E-state index contributed by atoms with van der Waals surface area (Å²) in [6.45, 7) is 0. The molecule has 96 valence electrons. The molecular weight excluding hydrogens is 244 g/mol. The summed E-state index contributed by atoms with van der Waals surface area (Å²) in [7, 11) is 0. The van der Waals surface area contributed by atoms with E-state index in [0.29, 0.717) is 5.82 Å². The number of carbonyl (C=O) groups is 1. The van der Waals surface area contributed by atoms with Crippen LogP contribution in [-0.2, 0) is 0 Å². The molecule has 0 amide bonds. The van der Waals surface area contributed by atoms with Gasteiger partial charge < -0.3 is 16.6 Å². The van der Waals surface area contributed by atoms with Gasteiger partial charge in [-0.3, -0.25) is 0 Å². The number of guanidine groups is 1. The van der Waals surface area contributed by atoms with Gasteiger partial charge in [0.2, 0.25) is 0 Å². The number of aromatic nitrogens is 1. The fourth-order valence-corrected chi connectivity index (χ4v) is 1.59. The predicted octanol–water partition coefficient (Wildman–Crippen LogP) is 1.35. The van der Waals surface area contributed by atoms with Crippen LogP contribution in [-0.4, -0.2) is 22.0 Å². The molecule has 0 aliphatic heterocycles. The van der Waals surface area contributed by atoms with Crippen LogP contribution in [0, 0.1) is 0 Å². The fourth-order valence-electron chi connectivity index (χ4n) is 1.59. The molecule has 0 radical (unpaired) electrons. The average Bonchev–Trinajstić information content (AvgIpc) is 2.39. The summed E-state index contributed by atoms with van der Waals surface area (Å²) in [5, 5.41) is 8.94. The topological polar surface area (TPSA) is 115 Å². The maximum atomic E-state index is 10.9. The molecule has 5 N–H and O–H groups in total. The number of nitrogens with two attached hydrogens (primary N) is 2. The molecule has 0 atom stereocenters. The quantitative estimate of drug-likeness (QED) is 0.566. The van der Waals surface area contributed by atoms with Crippen LogP contribution in [0.25, 0.3) is 11.1 Å². The second kappa shape index (κ2) is 5.18. The van der Waals surface area contributed by atoms with Crippen LogP contribution in [0.3, 0.4) is 0 Å². The van der Waals surface area contributed by atoms with E-state index in [4.69, 9.17) is 16.6 Å². The lowest BCUT2D eigenvalue weighted by Crippen LogP contribution is -2.22. The highest BCUT2D eigenvalue weighted by Crippen LogP contribution is 2.21. The zero-order chi connectivity index (χ0) is 13.8. The molecule has 6 nitrogen and oxygen atoms in total. The van der Waals surface area contributed by atoms with Crippen LogP contribution in [0.2, 0.25) is 0 Å². The minimum Gasteiger partial charge on any atom is -0.478 e. The predicted molar refractivity (Wildman–Crippen MR) is 72.1 cm³/mol.